The molecule has 2 aromatic rings. The van der Waals surface area contributed by atoms with E-state index in [0.717, 1.165) is 29.0 Å². The van der Waals surface area contributed by atoms with Gasteiger partial charge in [0, 0.05) is 12.2 Å². The van der Waals surface area contributed by atoms with E-state index >= 15 is 0 Å². The molecule has 25 heavy (non-hydrogen) atoms. The van der Waals surface area contributed by atoms with Gasteiger partial charge in [0.1, 0.15) is 5.75 Å². The van der Waals surface area contributed by atoms with Crippen molar-refractivity contribution in [3.8, 4) is 5.75 Å². The van der Waals surface area contributed by atoms with E-state index in [1.165, 1.54) is 7.11 Å². The van der Waals surface area contributed by atoms with Gasteiger partial charge in [-0.05, 0) is 54.8 Å². The number of carbonyl (C=O) groups excluding carboxylic acids is 2. The van der Waals surface area contributed by atoms with Crippen molar-refractivity contribution in [2.24, 2.45) is 0 Å². The normalized spacial score (nSPS) is 12.6. The highest BCUT2D eigenvalue weighted by Crippen LogP contribution is 2.29. The number of anilines is 1. The van der Waals surface area contributed by atoms with Crippen LogP contribution >= 0.6 is 0 Å². The largest absolute Gasteiger partial charge is 0.494 e. The Bertz CT molecular complexity index is 783. The Balaban J connectivity index is 1.71. The van der Waals surface area contributed by atoms with Crippen LogP contribution in [-0.2, 0) is 22.4 Å². The van der Waals surface area contributed by atoms with Crippen LogP contribution in [0.1, 0.15) is 28.4 Å². The van der Waals surface area contributed by atoms with Gasteiger partial charge in [0.25, 0.3) is 0 Å². The summed E-state index contributed by atoms with van der Waals surface area (Å²) < 4.78 is 10.2. The molecule has 130 valence electrons. The van der Waals surface area contributed by atoms with Gasteiger partial charge in [-0.15, -0.1) is 0 Å². The Morgan fingerprint density at radius 3 is 2.56 bits per heavy atom. The predicted octanol–water partition coefficient (Wildman–Crippen LogP) is 3.00. The second kappa shape index (κ2) is 7.38. The number of rotatable bonds is 5. The van der Waals surface area contributed by atoms with Crippen molar-refractivity contribution in [2.45, 2.75) is 19.8 Å². The average molecular weight is 339 g/mol. The summed E-state index contributed by atoms with van der Waals surface area (Å²) in [6, 6.07) is 12.9. The molecule has 1 amide bonds. The van der Waals surface area contributed by atoms with Crippen LogP contribution in [0.3, 0.4) is 0 Å². The number of hydrogen-bond donors (Lipinski definition) is 0. The monoisotopic (exact) mass is 339 g/mol. The van der Waals surface area contributed by atoms with Gasteiger partial charge in [0.05, 0.1) is 25.7 Å². The lowest BCUT2D eigenvalue weighted by molar-refractivity contribution is -0.117. The van der Waals surface area contributed by atoms with Gasteiger partial charge < -0.3 is 14.4 Å². The number of nitrogens with zero attached hydrogens (tertiary/aromatic N) is 1. The van der Waals surface area contributed by atoms with E-state index < -0.39 is 0 Å². The smallest absolute Gasteiger partial charge is 0.337 e. The number of benzene rings is 2. The molecule has 0 saturated heterocycles. The van der Waals surface area contributed by atoms with Gasteiger partial charge in [0.15, 0.2) is 0 Å². The first-order chi connectivity index (χ1) is 12.1. The molecule has 0 spiro atoms. The standard InChI is InChI=1S/C20H21NO4/c1-3-25-17-7-4-14(5-8-17)12-19(22)21-11-10-15-13-16(20(23)24-2)6-9-18(15)21/h4-9,13H,3,10-12H2,1-2H3. The lowest BCUT2D eigenvalue weighted by Crippen LogP contribution is -2.30. The molecule has 0 unspecified atom stereocenters. The summed E-state index contributed by atoms with van der Waals surface area (Å²) in [4.78, 5) is 26.1. The number of methoxy groups -OCH3 is 1. The molecule has 0 N–H and O–H groups in total. The zero-order chi connectivity index (χ0) is 17.8. The zero-order valence-electron chi connectivity index (χ0n) is 14.5. The van der Waals surface area contributed by atoms with E-state index in [9.17, 15) is 9.59 Å². The Morgan fingerprint density at radius 1 is 1.12 bits per heavy atom. The molecule has 0 aromatic heterocycles. The van der Waals surface area contributed by atoms with Crippen LogP contribution in [0.4, 0.5) is 5.69 Å². The van der Waals surface area contributed by atoms with Crippen LogP contribution in [0.25, 0.3) is 0 Å². The van der Waals surface area contributed by atoms with Crippen LogP contribution in [0.2, 0.25) is 0 Å². The Hall–Kier alpha value is -2.82. The summed E-state index contributed by atoms with van der Waals surface area (Å²) in [7, 11) is 1.36. The second-order valence-corrected chi connectivity index (χ2v) is 5.88. The maximum atomic E-state index is 12.7. The van der Waals surface area contributed by atoms with Gasteiger partial charge in [-0.2, -0.15) is 0 Å². The molecule has 0 saturated carbocycles. The zero-order valence-corrected chi connectivity index (χ0v) is 14.5. The molecule has 0 atom stereocenters. The fourth-order valence-corrected chi connectivity index (χ4v) is 3.05. The maximum absolute atomic E-state index is 12.7. The first-order valence-corrected chi connectivity index (χ1v) is 8.35. The van der Waals surface area contributed by atoms with Crippen molar-refractivity contribution in [2.75, 3.05) is 25.2 Å². The van der Waals surface area contributed by atoms with Gasteiger partial charge in [-0.25, -0.2) is 4.79 Å². The molecular weight excluding hydrogens is 318 g/mol. The van der Waals surface area contributed by atoms with E-state index in [0.29, 0.717) is 25.1 Å². The molecule has 5 heteroatoms. The molecule has 1 heterocycles. The number of esters is 1. The van der Waals surface area contributed by atoms with Crippen LogP contribution in [-0.4, -0.2) is 32.1 Å². The fourth-order valence-electron chi connectivity index (χ4n) is 3.05. The lowest BCUT2D eigenvalue weighted by Gasteiger charge is -2.17. The van der Waals surface area contributed by atoms with Crippen LogP contribution in [0.15, 0.2) is 42.5 Å². The van der Waals surface area contributed by atoms with Gasteiger partial charge in [0.2, 0.25) is 5.91 Å². The predicted molar refractivity (Wildman–Crippen MR) is 95.2 cm³/mol. The number of ether oxygens (including phenoxy) is 2. The second-order valence-electron chi connectivity index (χ2n) is 5.88. The third kappa shape index (κ3) is 3.65. The van der Waals surface area contributed by atoms with E-state index in [2.05, 4.69) is 0 Å². The highest BCUT2D eigenvalue weighted by molar-refractivity contribution is 5.98. The SMILES string of the molecule is CCOc1ccc(CC(=O)N2CCc3cc(C(=O)OC)ccc32)cc1. The molecule has 3 rings (SSSR count). The summed E-state index contributed by atoms with van der Waals surface area (Å²) in [5.41, 5.74) is 3.35. The molecule has 1 aliphatic rings. The van der Waals surface area contributed by atoms with E-state index in [1.807, 2.05) is 43.3 Å². The minimum absolute atomic E-state index is 0.0497. The summed E-state index contributed by atoms with van der Waals surface area (Å²) in [5.74, 6) is 0.497. The van der Waals surface area contributed by atoms with E-state index in [4.69, 9.17) is 9.47 Å². The first kappa shape index (κ1) is 17.0. The van der Waals surface area contributed by atoms with Gasteiger partial charge in [-0.1, -0.05) is 12.1 Å². The third-order valence-corrected chi connectivity index (χ3v) is 4.29. The lowest BCUT2D eigenvalue weighted by atomic mass is 10.1. The van der Waals surface area contributed by atoms with Crippen molar-refractivity contribution in [1.29, 1.82) is 0 Å². The maximum Gasteiger partial charge on any atom is 0.337 e. The molecule has 0 aliphatic carbocycles. The van der Waals surface area contributed by atoms with Crippen molar-refractivity contribution in [1.82, 2.24) is 0 Å². The van der Waals surface area contributed by atoms with E-state index in [1.54, 1.807) is 11.0 Å². The summed E-state index contributed by atoms with van der Waals surface area (Å²) in [6.45, 7) is 3.19. The summed E-state index contributed by atoms with van der Waals surface area (Å²) >= 11 is 0. The van der Waals surface area contributed by atoms with Crippen LogP contribution in [0.5, 0.6) is 5.75 Å². The molecule has 0 bridgehead atoms. The highest BCUT2D eigenvalue weighted by atomic mass is 16.5. The molecule has 5 nitrogen and oxygen atoms in total. The van der Waals surface area contributed by atoms with Crippen LogP contribution < -0.4 is 9.64 Å². The molecular formula is C20H21NO4. The number of hydrogen-bond acceptors (Lipinski definition) is 4. The summed E-state index contributed by atoms with van der Waals surface area (Å²) in [6.07, 6.45) is 1.08. The van der Waals surface area contributed by atoms with Crippen molar-refractivity contribution in [3.05, 3.63) is 59.2 Å². The quantitative estimate of drug-likeness (QED) is 0.786. The fraction of sp³-hybridized carbons (Fsp3) is 0.300. The Labute approximate surface area is 147 Å². The summed E-state index contributed by atoms with van der Waals surface area (Å²) in [5, 5.41) is 0. The molecule has 1 aliphatic heterocycles. The Kier molecular flexibility index (Phi) is 5.03. The minimum atomic E-state index is -0.359. The molecule has 2 aromatic carbocycles. The van der Waals surface area contributed by atoms with Gasteiger partial charge in [-0.3, -0.25) is 4.79 Å². The van der Waals surface area contributed by atoms with E-state index in [-0.39, 0.29) is 11.9 Å². The topological polar surface area (TPSA) is 55.8 Å². The first-order valence-electron chi connectivity index (χ1n) is 8.35. The van der Waals surface area contributed by atoms with Crippen molar-refractivity contribution >= 4 is 17.6 Å². The molecule has 0 radical (unpaired) electrons. The highest BCUT2D eigenvalue weighted by Gasteiger charge is 2.25. The van der Waals surface area contributed by atoms with Crippen molar-refractivity contribution in [3.63, 3.8) is 0 Å². The molecule has 0 fully saturated rings. The average Bonchev–Trinajstić information content (AvgIpc) is 3.06. The number of amides is 1. The number of fused-ring (bicyclic) bond motifs is 1. The number of carbonyl (C=O) groups is 2. The Morgan fingerprint density at radius 2 is 1.88 bits per heavy atom. The third-order valence-electron chi connectivity index (χ3n) is 4.29. The van der Waals surface area contributed by atoms with Gasteiger partial charge >= 0.3 is 5.97 Å². The van der Waals surface area contributed by atoms with Crippen LogP contribution in [0, 0.1) is 0 Å². The van der Waals surface area contributed by atoms with Crippen molar-refractivity contribution < 1.29 is 19.1 Å². The minimum Gasteiger partial charge on any atom is -0.494 e.